The standard InChI is InChI=1S/C19H24N2O3S.ClH/c1-25(23,24)15-17-8-10-18(11-9-17)19(22)21(13-5-12-20)14-16-6-3-2-4-7-16;/h2-4,6-11H,5,12-15,20H2,1H3;1H. The molecule has 2 aromatic rings. The lowest BCUT2D eigenvalue weighted by Gasteiger charge is -2.23. The largest absolute Gasteiger partial charge is 0.334 e. The Morgan fingerprint density at radius 3 is 2.15 bits per heavy atom. The molecule has 0 heterocycles. The van der Waals surface area contributed by atoms with Crippen LogP contribution in [0.4, 0.5) is 0 Å². The maximum atomic E-state index is 12.8. The third-order valence-electron chi connectivity index (χ3n) is 3.77. The van der Waals surface area contributed by atoms with Crippen molar-refractivity contribution in [3.05, 3.63) is 71.3 Å². The zero-order chi connectivity index (χ0) is 18.3. The van der Waals surface area contributed by atoms with E-state index in [4.69, 9.17) is 5.73 Å². The van der Waals surface area contributed by atoms with E-state index < -0.39 is 9.84 Å². The van der Waals surface area contributed by atoms with Crippen molar-refractivity contribution in [3.8, 4) is 0 Å². The van der Waals surface area contributed by atoms with E-state index in [1.165, 1.54) is 6.26 Å². The number of halogens is 1. The fraction of sp³-hybridized carbons (Fsp3) is 0.316. The molecule has 0 spiro atoms. The summed E-state index contributed by atoms with van der Waals surface area (Å²) >= 11 is 0. The number of hydrogen-bond donors (Lipinski definition) is 1. The third-order valence-corrected chi connectivity index (χ3v) is 4.62. The fourth-order valence-corrected chi connectivity index (χ4v) is 3.37. The van der Waals surface area contributed by atoms with Gasteiger partial charge in [-0.2, -0.15) is 0 Å². The van der Waals surface area contributed by atoms with Gasteiger partial charge in [0.15, 0.2) is 9.84 Å². The minimum atomic E-state index is -3.09. The van der Waals surface area contributed by atoms with E-state index in [9.17, 15) is 13.2 Å². The summed E-state index contributed by atoms with van der Waals surface area (Å²) in [5.74, 6) is -0.106. The molecule has 0 aliphatic carbocycles. The van der Waals surface area contributed by atoms with Gasteiger partial charge in [-0.15, -0.1) is 12.4 Å². The van der Waals surface area contributed by atoms with Crippen LogP contribution in [-0.2, 0) is 22.1 Å². The van der Waals surface area contributed by atoms with Gasteiger partial charge in [-0.3, -0.25) is 4.79 Å². The molecule has 2 N–H and O–H groups in total. The Kier molecular flexibility index (Phi) is 8.78. The molecular weight excluding hydrogens is 372 g/mol. The van der Waals surface area contributed by atoms with E-state index in [-0.39, 0.29) is 24.1 Å². The van der Waals surface area contributed by atoms with Gasteiger partial charge in [-0.1, -0.05) is 42.5 Å². The lowest BCUT2D eigenvalue weighted by atomic mass is 10.1. The highest BCUT2D eigenvalue weighted by molar-refractivity contribution is 7.89. The second-order valence-electron chi connectivity index (χ2n) is 6.12. The van der Waals surface area contributed by atoms with Crippen molar-refractivity contribution in [1.82, 2.24) is 4.90 Å². The first-order valence-electron chi connectivity index (χ1n) is 8.19. The minimum absolute atomic E-state index is 0. The molecule has 0 unspecified atom stereocenters. The molecule has 5 nitrogen and oxygen atoms in total. The number of hydrogen-bond acceptors (Lipinski definition) is 4. The highest BCUT2D eigenvalue weighted by atomic mass is 35.5. The average Bonchev–Trinajstić information content (AvgIpc) is 2.58. The van der Waals surface area contributed by atoms with Crippen LogP contribution < -0.4 is 5.73 Å². The van der Waals surface area contributed by atoms with Gasteiger partial charge in [0.25, 0.3) is 5.91 Å². The number of nitrogens with two attached hydrogens (primary N) is 1. The van der Waals surface area contributed by atoms with Crippen LogP contribution in [0, 0.1) is 0 Å². The Hall–Kier alpha value is -1.89. The van der Waals surface area contributed by atoms with Crippen LogP contribution in [0.25, 0.3) is 0 Å². The van der Waals surface area contributed by atoms with Gasteiger partial charge in [0.05, 0.1) is 5.75 Å². The van der Waals surface area contributed by atoms with Crippen LogP contribution in [0.3, 0.4) is 0 Å². The summed E-state index contributed by atoms with van der Waals surface area (Å²) in [6.07, 6.45) is 1.92. The molecule has 1 amide bonds. The molecular formula is C19H25ClN2O3S. The van der Waals surface area contributed by atoms with Crippen LogP contribution in [0.5, 0.6) is 0 Å². The summed E-state index contributed by atoms with van der Waals surface area (Å²) in [6.45, 7) is 1.62. The highest BCUT2D eigenvalue weighted by Crippen LogP contribution is 2.13. The molecule has 142 valence electrons. The van der Waals surface area contributed by atoms with Crippen molar-refractivity contribution in [2.45, 2.75) is 18.7 Å². The first kappa shape index (κ1) is 22.2. The zero-order valence-corrected chi connectivity index (χ0v) is 16.4. The number of nitrogens with zero attached hydrogens (tertiary/aromatic N) is 1. The molecule has 26 heavy (non-hydrogen) atoms. The predicted molar refractivity (Wildman–Crippen MR) is 107 cm³/mol. The van der Waals surface area contributed by atoms with Crippen molar-refractivity contribution >= 4 is 28.2 Å². The molecule has 2 rings (SSSR count). The summed E-state index contributed by atoms with van der Waals surface area (Å²) in [5.41, 5.74) is 7.87. The van der Waals surface area contributed by atoms with E-state index >= 15 is 0 Å². The predicted octanol–water partition coefficient (Wildman–Crippen LogP) is 2.64. The zero-order valence-electron chi connectivity index (χ0n) is 14.8. The molecule has 0 fully saturated rings. The molecule has 0 aromatic heterocycles. The average molecular weight is 397 g/mol. The van der Waals surface area contributed by atoms with Crippen LogP contribution >= 0.6 is 12.4 Å². The number of sulfone groups is 1. The van der Waals surface area contributed by atoms with E-state index in [2.05, 4.69) is 0 Å². The van der Waals surface area contributed by atoms with Crippen molar-refractivity contribution in [1.29, 1.82) is 0 Å². The molecule has 2 aromatic carbocycles. The summed E-state index contributed by atoms with van der Waals surface area (Å²) in [7, 11) is -3.09. The lowest BCUT2D eigenvalue weighted by Crippen LogP contribution is -2.32. The number of rotatable bonds is 8. The van der Waals surface area contributed by atoms with E-state index in [1.807, 2.05) is 30.3 Å². The Morgan fingerprint density at radius 2 is 1.62 bits per heavy atom. The third kappa shape index (κ3) is 7.15. The summed E-state index contributed by atoms with van der Waals surface area (Å²) < 4.78 is 22.7. The van der Waals surface area contributed by atoms with Crippen LogP contribution in [0.15, 0.2) is 54.6 Å². The van der Waals surface area contributed by atoms with Gasteiger partial charge in [0.1, 0.15) is 0 Å². The van der Waals surface area contributed by atoms with Gasteiger partial charge in [0, 0.05) is 24.9 Å². The van der Waals surface area contributed by atoms with Gasteiger partial charge in [0.2, 0.25) is 0 Å². The van der Waals surface area contributed by atoms with Crippen molar-refractivity contribution in [2.75, 3.05) is 19.3 Å². The Labute approximate surface area is 161 Å². The maximum absolute atomic E-state index is 12.8. The number of amides is 1. The maximum Gasteiger partial charge on any atom is 0.254 e. The van der Waals surface area contributed by atoms with Gasteiger partial charge < -0.3 is 10.6 Å². The molecule has 0 saturated heterocycles. The smallest absolute Gasteiger partial charge is 0.254 e. The molecule has 7 heteroatoms. The number of carbonyl (C=O) groups excluding carboxylic acids is 1. The van der Waals surface area contributed by atoms with Crippen molar-refractivity contribution in [2.24, 2.45) is 5.73 Å². The van der Waals surface area contributed by atoms with E-state index in [1.54, 1.807) is 29.2 Å². The summed E-state index contributed by atoms with van der Waals surface area (Å²) in [6, 6.07) is 16.6. The van der Waals surface area contributed by atoms with Gasteiger partial charge in [-0.25, -0.2) is 8.42 Å². The fourth-order valence-electron chi connectivity index (χ4n) is 2.57. The molecule has 0 bridgehead atoms. The molecule has 0 aliphatic rings. The first-order chi connectivity index (χ1) is 11.9. The molecule has 0 aliphatic heterocycles. The molecule has 0 saturated carbocycles. The Balaban J connectivity index is 0.00000338. The Morgan fingerprint density at radius 1 is 1.00 bits per heavy atom. The van der Waals surface area contributed by atoms with Gasteiger partial charge >= 0.3 is 0 Å². The second kappa shape index (κ2) is 10.3. The second-order valence-corrected chi connectivity index (χ2v) is 8.26. The summed E-state index contributed by atoms with van der Waals surface area (Å²) in [5, 5.41) is 0. The summed E-state index contributed by atoms with van der Waals surface area (Å²) in [4.78, 5) is 14.6. The molecule has 0 radical (unpaired) electrons. The first-order valence-corrected chi connectivity index (χ1v) is 10.2. The monoisotopic (exact) mass is 396 g/mol. The quantitative estimate of drug-likeness (QED) is 0.743. The van der Waals surface area contributed by atoms with E-state index in [0.717, 1.165) is 12.0 Å². The van der Waals surface area contributed by atoms with Crippen LogP contribution in [0.2, 0.25) is 0 Å². The van der Waals surface area contributed by atoms with Crippen molar-refractivity contribution in [3.63, 3.8) is 0 Å². The number of benzene rings is 2. The lowest BCUT2D eigenvalue weighted by molar-refractivity contribution is 0.0742. The highest BCUT2D eigenvalue weighted by Gasteiger charge is 2.16. The Bertz CT molecular complexity index is 793. The number of carbonyl (C=O) groups is 1. The molecule has 0 atom stereocenters. The van der Waals surface area contributed by atoms with Crippen molar-refractivity contribution < 1.29 is 13.2 Å². The van der Waals surface area contributed by atoms with Gasteiger partial charge in [-0.05, 0) is 36.2 Å². The topological polar surface area (TPSA) is 80.5 Å². The minimum Gasteiger partial charge on any atom is -0.334 e. The van der Waals surface area contributed by atoms with Crippen LogP contribution in [-0.4, -0.2) is 38.6 Å². The normalized spacial score (nSPS) is 10.8. The SMILES string of the molecule is CS(=O)(=O)Cc1ccc(C(=O)N(CCCN)Cc2ccccc2)cc1.Cl. The van der Waals surface area contributed by atoms with E-state index in [0.29, 0.717) is 30.8 Å². The van der Waals surface area contributed by atoms with Crippen LogP contribution in [0.1, 0.15) is 27.9 Å².